The van der Waals surface area contributed by atoms with Gasteiger partial charge in [0.2, 0.25) is 0 Å². The molecule has 2 fully saturated rings. The average molecular weight is 429 g/mol. The first-order valence-corrected chi connectivity index (χ1v) is 10.9. The number of rotatable bonds is 1. The number of amides is 2. The molecular formula is C22H40N2O6. The number of carboxylic acids is 1. The highest BCUT2D eigenvalue weighted by atomic mass is 16.6. The molecule has 0 aromatic carbocycles. The lowest BCUT2D eigenvalue weighted by molar-refractivity contribution is -0.144. The molecule has 2 amide bonds. The molecule has 0 spiro atoms. The summed E-state index contributed by atoms with van der Waals surface area (Å²) in [5.41, 5.74) is -0.966. The molecule has 0 bridgehead atoms. The number of aliphatic carboxylic acids is 1. The molecule has 8 heteroatoms. The van der Waals surface area contributed by atoms with Crippen molar-refractivity contribution in [2.45, 2.75) is 110 Å². The Morgan fingerprint density at radius 2 is 1.20 bits per heavy atom. The van der Waals surface area contributed by atoms with Crippen LogP contribution in [-0.4, -0.2) is 69.4 Å². The van der Waals surface area contributed by atoms with Gasteiger partial charge in [0.1, 0.15) is 17.2 Å². The lowest BCUT2D eigenvalue weighted by Gasteiger charge is -2.34. The third-order valence-corrected chi connectivity index (χ3v) is 4.85. The van der Waals surface area contributed by atoms with E-state index in [-0.39, 0.29) is 11.7 Å². The standard InChI is InChI=1S/C11H19NO4.C11H21NO2/c1-11(2,3)16-10(15)12-7-5-4-6-8(12)9(13)14;1-9-7-5-6-8-12(9)10(13)14-11(2,3)4/h8H,4-7H2,1-3H3,(H,13,14);9H,5-8H2,1-4H3/t8-;9-/m10/s1. The first-order valence-electron chi connectivity index (χ1n) is 10.9. The SMILES string of the molecule is CC(C)(C)OC(=O)N1CCCC[C@@H]1C(=O)O.C[C@H]1CCCCN1C(=O)OC(C)(C)C. The van der Waals surface area contributed by atoms with Gasteiger partial charge in [-0.3, -0.25) is 4.90 Å². The summed E-state index contributed by atoms with van der Waals surface area (Å²) in [6, 6.07) is -0.401. The third kappa shape index (κ3) is 9.22. The minimum atomic E-state index is -0.953. The fourth-order valence-corrected chi connectivity index (χ4v) is 3.42. The van der Waals surface area contributed by atoms with Crippen molar-refractivity contribution < 1.29 is 29.0 Å². The Morgan fingerprint density at radius 1 is 0.767 bits per heavy atom. The molecule has 2 aliphatic rings. The van der Waals surface area contributed by atoms with Gasteiger partial charge in [0.05, 0.1) is 0 Å². The van der Waals surface area contributed by atoms with Crippen LogP contribution < -0.4 is 0 Å². The van der Waals surface area contributed by atoms with Crippen molar-refractivity contribution in [2.75, 3.05) is 13.1 Å². The van der Waals surface area contributed by atoms with Crippen molar-refractivity contribution in [2.24, 2.45) is 0 Å². The van der Waals surface area contributed by atoms with Gasteiger partial charge in [-0.25, -0.2) is 14.4 Å². The van der Waals surface area contributed by atoms with E-state index in [0.29, 0.717) is 19.0 Å². The van der Waals surface area contributed by atoms with Crippen LogP contribution in [0.25, 0.3) is 0 Å². The van der Waals surface area contributed by atoms with Crippen LogP contribution in [0.1, 0.15) is 87.0 Å². The highest BCUT2D eigenvalue weighted by molar-refractivity contribution is 5.80. The molecule has 0 radical (unpaired) electrons. The van der Waals surface area contributed by atoms with Crippen LogP contribution in [-0.2, 0) is 14.3 Å². The van der Waals surface area contributed by atoms with E-state index >= 15 is 0 Å². The highest BCUT2D eigenvalue weighted by Crippen LogP contribution is 2.21. The van der Waals surface area contributed by atoms with E-state index in [2.05, 4.69) is 6.92 Å². The first-order chi connectivity index (χ1) is 13.7. The van der Waals surface area contributed by atoms with Gasteiger partial charge in [-0.15, -0.1) is 0 Å². The van der Waals surface area contributed by atoms with Crippen molar-refractivity contribution in [3.05, 3.63) is 0 Å². The molecule has 2 rings (SSSR count). The Balaban J connectivity index is 0.000000303. The monoisotopic (exact) mass is 428 g/mol. The molecule has 30 heavy (non-hydrogen) atoms. The van der Waals surface area contributed by atoms with Crippen LogP contribution in [0.2, 0.25) is 0 Å². The molecule has 0 saturated carbocycles. The van der Waals surface area contributed by atoms with E-state index in [9.17, 15) is 14.4 Å². The Hall–Kier alpha value is -1.99. The number of carbonyl (C=O) groups excluding carboxylic acids is 2. The average Bonchev–Trinajstić information content (AvgIpc) is 2.59. The maximum absolute atomic E-state index is 11.8. The van der Waals surface area contributed by atoms with E-state index < -0.39 is 23.7 Å². The van der Waals surface area contributed by atoms with Crippen LogP contribution in [0.4, 0.5) is 9.59 Å². The predicted octanol–water partition coefficient (Wildman–Crippen LogP) is 4.66. The molecule has 0 aromatic rings. The number of nitrogens with zero attached hydrogens (tertiary/aromatic N) is 2. The zero-order chi connectivity index (χ0) is 23.1. The van der Waals surface area contributed by atoms with Gasteiger partial charge in [-0.2, -0.15) is 0 Å². The number of carboxylic acid groups (broad SMARTS) is 1. The predicted molar refractivity (Wildman–Crippen MR) is 114 cm³/mol. The number of ether oxygens (including phenoxy) is 2. The van der Waals surface area contributed by atoms with Gasteiger partial charge in [0.15, 0.2) is 0 Å². The molecule has 1 N–H and O–H groups in total. The number of hydrogen-bond donors (Lipinski definition) is 1. The molecule has 174 valence electrons. The Morgan fingerprint density at radius 3 is 1.63 bits per heavy atom. The van der Waals surface area contributed by atoms with Crippen molar-refractivity contribution in [1.82, 2.24) is 9.80 Å². The van der Waals surface area contributed by atoms with Crippen molar-refractivity contribution in [3.8, 4) is 0 Å². The van der Waals surface area contributed by atoms with Gasteiger partial charge < -0.3 is 19.5 Å². The van der Waals surface area contributed by atoms with E-state index in [1.807, 2.05) is 25.7 Å². The van der Waals surface area contributed by atoms with Crippen LogP contribution in [0, 0.1) is 0 Å². The summed E-state index contributed by atoms with van der Waals surface area (Å²) >= 11 is 0. The Labute approximate surface area is 180 Å². The highest BCUT2D eigenvalue weighted by Gasteiger charge is 2.34. The molecule has 0 aliphatic carbocycles. The summed E-state index contributed by atoms with van der Waals surface area (Å²) in [6.07, 6.45) is 4.92. The lowest BCUT2D eigenvalue weighted by Crippen LogP contribution is -2.49. The summed E-state index contributed by atoms with van der Waals surface area (Å²) in [4.78, 5) is 37.6. The largest absolute Gasteiger partial charge is 0.480 e. The van der Waals surface area contributed by atoms with Gasteiger partial charge in [-0.05, 0) is 87.0 Å². The van der Waals surface area contributed by atoms with E-state index in [4.69, 9.17) is 14.6 Å². The molecule has 0 unspecified atom stereocenters. The van der Waals surface area contributed by atoms with Crippen molar-refractivity contribution in [3.63, 3.8) is 0 Å². The van der Waals surface area contributed by atoms with Crippen LogP contribution >= 0.6 is 0 Å². The molecule has 2 aliphatic heterocycles. The second-order valence-corrected chi connectivity index (χ2v) is 10.0. The first kappa shape index (κ1) is 26.0. The minimum absolute atomic E-state index is 0.162. The maximum Gasteiger partial charge on any atom is 0.411 e. The molecule has 2 heterocycles. The zero-order valence-corrected chi connectivity index (χ0v) is 19.7. The second kappa shape index (κ2) is 10.9. The topological polar surface area (TPSA) is 96.4 Å². The van der Waals surface area contributed by atoms with Gasteiger partial charge >= 0.3 is 18.2 Å². The quantitative estimate of drug-likeness (QED) is 0.653. The van der Waals surface area contributed by atoms with Gasteiger partial charge in [-0.1, -0.05) is 0 Å². The summed E-state index contributed by atoms with van der Waals surface area (Å²) < 4.78 is 10.5. The summed E-state index contributed by atoms with van der Waals surface area (Å²) in [7, 11) is 0. The molecular weight excluding hydrogens is 388 g/mol. The van der Waals surface area contributed by atoms with Crippen molar-refractivity contribution in [1.29, 1.82) is 0 Å². The fraction of sp³-hybridized carbons (Fsp3) is 0.864. The number of carbonyl (C=O) groups is 3. The number of hydrogen-bond acceptors (Lipinski definition) is 5. The van der Waals surface area contributed by atoms with Gasteiger partial charge in [0.25, 0.3) is 0 Å². The summed E-state index contributed by atoms with van der Waals surface area (Å²) in [5, 5.41) is 9.01. The smallest absolute Gasteiger partial charge is 0.411 e. The third-order valence-electron chi connectivity index (χ3n) is 4.85. The fourth-order valence-electron chi connectivity index (χ4n) is 3.42. The van der Waals surface area contributed by atoms with E-state index in [0.717, 1.165) is 32.2 Å². The summed E-state index contributed by atoms with van der Waals surface area (Å²) in [6.45, 7) is 14.4. The summed E-state index contributed by atoms with van der Waals surface area (Å²) in [5.74, 6) is -0.953. The normalized spacial score (nSPS) is 22.5. The van der Waals surface area contributed by atoms with Crippen LogP contribution in [0.5, 0.6) is 0 Å². The van der Waals surface area contributed by atoms with E-state index in [1.54, 1.807) is 20.8 Å². The maximum atomic E-state index is 11.8. The van der Waals surface area contributed by atoms with Crippen molar-refractivity contribution >= 4 is 18.2 Å². The van der Waals surface area contributed by atoms with Crippen LogP contribution in [0.3, 0.4) is 0 Å². The lowest BCUT2D eigenvalue weighted by atomic mass is 10.0. The second-order valence-electron chi connectivity index (χ2n) is 10.0. The number of piperidine rings is 2. The minimum Gasteiger partial charge on any atom is -0.480 e. The zero-order valence-electron chi connectivity index (χ0n) is 19.7. The Bertz CT molecular complexity index is 593. The van der Waals surface area contributed by atoms with E-state index in [1.165, 1.54) is 11.3 Å². The number of likely N-dealkylation sites (tertiary alicyclic amines) is 2. The molecule has 8 nitrogen and oxygen atoms in total. The molecule has 2 saturated heterocycles. The molecule has 2 atom stereocenters. The van der Waals surface area contributed by atoms with Gasteiger partial charge in [0, 0.05) is 19.1 Å². The Kier molecular flexibility index (Phi) is 9.43. The van der Waals surface area contributed by atoms with Crippen LogP contribution in [0.15, 0.2) is 0 Å². The molecule has 0 aromatic heterocycles.